The van der Waals surface area contributed by atoms with Crippen LogP contribution in [0.4, 0.5) is 0 Å². The molecule has 0 aliphatic heterocycles. The van der Waals surface area contributed by atoms with E-state index < -0.39 is 0 Å². The normalized spacial score (nSPS) is 13.1. The van der Waals surface area contributed by atoms with Gasteiger partial charge in [0.05, 0.1) is 0 Å². The van der Waals surface area contributed by atoms with Crippen molar-refractivity contribution in [2.24, 2.45) is 0 Å². The zero-order chi connectivity index (χ0) is 33.4. The lowest BCUT2D eigenvalue weighted by Gasteiger charge is -2.21. The first-order valence-electron chi connectivity index (χ1n) is 16.8. The van der Waals surface area contributed by atoms with Gasteiger partial charge in [0, 0.05) is 42.3 Å². The average Bonchev–Trinajstić information content (AvgIpc) is 3.64. The maximum absolute atomic E-state index is 5.15. The molecule has 0 saturated heterocycles. The second kappa shape index (κ2) is 12.8. The lowest BCUT2D eigenvalue weighted by atomic mass is 9.82. The molecule has 0 fully saturated rings. The largest absolute Gasteiger partial charge is 0.208 e. The minimum Gasteiger partial charge on any atom is -0.208 e. The molecule has 0 bridgehead atoms. The van der Waals surface area contributed by atoms with Gasteiger partial charge in [-0.3, -0.25) is 0 Å². The molecule has 2 heterocycles. The molecule has 1 aliphatic carbocycles. The van der Waals surface area contributed by atoms with Crippen molar-refractivity contribution in [1.82, 2.24) is 15.0 Å². The minimum absolute atomic E-state index is 0.110. The molecular formula is C44H39N3S. The van der Waals surface area contributed by atoms with E-state index in [-0.39, 0.29) is 5.41 Å². The first-order chi connectivity index (χ1) is 23.5. The van der Waals surface area contributed by atoms with Gasteiger partial charge in [-0.1, -0.05) is 150 Å². The van der Waals surface area contributed by atoms with E-state index in [0.29, 0.717) is 17.5 Å². The number of hydrogen-bond donors (Lipinski definition) is 0. The van der Waals surface area contributed by atoms with Gasteiger partial charge in [0.2, 0.25) is 0 Å². The Balaban J connectivity index is 0.00000179. The number of rotatable bonds is 6. The standard InChI is InChI=1S/C42H33N3S.C2H6/c1-5-13-26(6-2)39-43-40(45-41(44-39)32-17-11-19-34-37(32)30-14-7-9-18-33(30)42(34,3)4)28-24-22-27(23-25-28)29-16-12-21-36-38(29)31-15-8-10-20-35(31)46-36;1-2/h6-25H,2,5H2,1,3-4H3;1-2H3/b26-13+;. The van der Waals surface area contributed by atoms with Crippen LogP contribution in [0.2, 0.25) is 0 Å². The maximum Gasteiger partial charge on any atom is 0.164 e. The Bertz CT molecular complexity index is 2340. The molecule has 0 unspecified atom stereocenters. The van der Waals surface area contributed by atoms with E-state index in [1.165, 1.54) is 53.6 Å². The number of hydrogen-bond acceptors (Lipinski definition) is 4. The molecular weight excluding hydrogens is 603 g/mol. The van der Waals surface area contributed by atoms with Gasteiger partial charge in [-0.15, -0.1) is 11.3 Å². The molecule has 1 aliphatic rings. The van der Waals surface area contributed by atoms with Crippen molar-refractivity contribution in [1.29, 1.82) is 0 Å². The number of nitrogens with zero attached hydrogens (tertiary/aromatic N) is 3. The van der Waals surface area contributed by atoms with Crippen LogP contribution in [0, 0.1) is 0 Å². The van der Waals surface area contributed by atoms with Crippen molar-refractivity contribution >= 4 is 37.1 Å². The smallest absolute Gasteiger partial charge is 0.164 e. The lowest BCUT2D eigenvalue weighted by molar-refractivity contribution is 0.660. The van der Waals surface area contributed by atoms with Crippen molar-refractivity contribution in [2.45, 2.75) is 46.5 Å². The Morgan fingerprint density at radius 2 is 1.29 bits per heavy atom. The Hall–Kier alpha value is -5.19. The molecule has 0 N–H and O–H groups in total. The van der Waals surface area contributed by atoms with Crippen LogP contribution < -0.4 is 0 Å². The summed E-state index contributed by atoms with van der Waals surface area (Å²) in [7, 11) is 0. The fourth-order valence-electron chi connectivity index (χ4n) is 7.00. The summed E-state index contributed by atoms with van der Waals surface area (Å²) in [5, 5.41) is 2.61. The minimum atomic E-state index is -0.110. The molecule has 236 valence electrons. The van der Waals surface area contributed by atoms with Crippen LogP contribution in [-0.2, 0) is 5.41 Å². The van der Waals surface area contributed by atoms with Crippen LogP contribution in [0.3, 0.4) is 0 Å². The van der Waals surface area contributed by atoms with Crippen LogP contribution >= 0.6 is 11.3 Å². The zero-order valence-corrected chi connectivity index (χ0v) is 29.0. The summed E-state index contributed by atoms with van der Waals surface area (Å²) in [6.07, 6.45) is 4.82. The number of thiophene rings is 1. The Morgan fingerprint density at radius 1 is 0.667 bits per heavy atom. The number of aromatic nitrogens is 3. The third-order valence-electron chi connectivity index (χ3n) is 9.24. The second-order valence-electron chi connectivity index (χ2n) is 12.3. The molecule has 48 heavy (non-hydrogen) atoms. The van der Waals surface area contributed by atoms with E-state index in [2.05, 4.69) is 143 Å². The highest BCUT2D eigenvalue weighted by Crippen LogP contribution is 2.51. The van der Waals surface area contributed by atoms with Crippen LogP contribution in [-0.4, -0.2) is 15.0 Å². The third-order valence-corrected chi connectivity index (χ3v) is 10.4. The summed E-state index contributed by atoms with van der Waals surface area (Å²) >= 11 is 1.84. The highest BCUT2D eigenvalue weighted by Gasteiger charge is 2.37. The molecule has 4 heteroatoms. The van der Waals surface area contributed by atoms with Gasteiger partial charge in [-0.25, -0.2) is 15.0 Å². The van der Waals surface area contributed by atoms with E-state index in [1.807, 2.05) is 31.3 Å². The predicted octanol–water partition coefficient (Wildman–Crippen LogP) is 12.6. The molecule has 0 spiro atoms. The number of benzene rings is 5. The van der Waals surface area contributed by atoms with Crippen LogP contribution in [0.5, 0.6) is 0 Å². The first kappa shape index (κ1) is 31.4. The summed E-state index contributed by atoms with van der Waals surface area (Å²) < 4.78 is 2.61. The van der Waals surface area contributed by atoms with Crippen molar-refractivity contribution in [3.05, 3.63) is 145 Å². The van der Waals surface area contributed by atoms with Crippen molar-refractivity contribution in [3.63, 3.8) is 0 Å². The van der Waals surface area contributed by atoms with Crippen molar-refractivity contribution in [2.75, 3.05) is 0 Å². The summed E-state index contributed by atoms with van der Waals surface area (Å²) in [6, 6.07) is 39.1. The SMILES string of the molecule is C=C/C(=C\CC)c1nc(-c2ccc(-c3cccc4sc5ccccc5c34)cc2)nc(-c2cccc3c2-c2ccccc2C3(C)C)n1.CC. The molecule has 7 aromatic rings. The second-order valence-corrected chi connectivity index (χ2v) is 13.4. The van der Waals surface area contributed by atoms with Crippen LogP contribution in [0.15, 0.2) is 128 Å². The zero-order valence-electron chi connectivity index (χ0n) is 28.2. The fourth-order valence-corrected chi connectivity index (χ4v) is 8.13. The quantitative estimate of drug-likeness (QED) is 0.170. The van der Waals surface area contributed by atoms with Gasteiger partial charge >= 0.3 is 0 Å². The maximum atomic E-state index is 5.15. The van der Waals surface area contributed by atoms with E-state index in [0.717, 1.165) is 23.1 Å². The highest BCUT2D eigenvalue weighted by atomic mass is 32.1. The summed E-state index contributed by atoms with van der Waals surface area (Å²) in [6.45, 7) is 14.8. The lowest BCUT2D eigenvalue weighted by Crippen LogP contribution is -2.14. The van der Waals surface area contributed by atoms with Gasteiger partial charge in [-0.05, 0) is 51.9 Å². The van der Waals surface area contributed by atoms with E-state index in [9.17, 15) is 0 Å². The molecule has 2 aromatic heterocycles. The molecule has 0 amide bonds. The summed E-state index contributed by atoms with van der Waals surface area (Å²) in [5.41, 5.74) is 10.2. The third kappa shape index (κ3) is 5.17. The topological polar surface area (TPSA) is 38.7 Å². The molecule has 3 nitrogen and oxygen atoms in total. The summed E-state index contributed by atoms with van der Waals surface area (Å²) in [5.74, 6) is 1.96. The molecule has 8 rings (SSSR count). The average molecular weight is 642 g/mol. The molecule has 5 aromatic carbocycles. The van der Waals surface area contributed by atoms with Crippen LogP contribution in [0.1, 0.15) is 58.0 Å². The number of allylic oxidation sites excluding steroid dienone is 3. The van der Waals surface area contributed by atoms with Gasteiger partial charge in [0.25, 0.3) is 0 Å². The summed E-state index contributed by atoms with van der Waals surface area (Å²) in [4.78, 5) is 15.2. The molecule has 0 saturated carbocycles. The Morgan fingerprint density at radius 3 is 2.08 bits per heavy atom. The van der Waals surface area contributed by atoms with Gasteiger partial charge in [0.15, 0.2) is 17.5 Å². The van der Waals surface area contributed by atoms with Gasteiger partial charge in [-0.2, -0.15) is 0 Å². The van der Waals surface area contributed by atoms with Gasteiger partial charge < -0.3 is 0 Å². The highest BCUT2D eigenvalue weighted by molar-refractivity contribution is 7.25. The molecule has 0 radical (unpaired) electrons. The Kier molecular flexibility index (Phi) is 8.36. The molecule has 0 atom stereocenters. The predicted molar refractivity (Wildman–Crippen MR) is 206 cm³/mol. The van der Waals surface area contributed by atoms with Crippen molar-refractivity contribution in [3.8, 4) is 45.0 Å². The fraction of sp³-hybridized carbons (Fsp3) is 0.159. The van der Waals surface area contributed by atoms with Crippen molar-refractivity contribution < 1.29 is 0 Å². The van der Waals surface area contributed by atoms with E-state index >= 15 is 0 Å². The van der Waals surface area contributed by atoms with E-state index in [4.69, 9.17) is 15.0 Å². The van der Waals surface area contributed by atoms with Gasteiger partial charge in [0.1, 0.15) is 0 Å². The Labute approximate surface area is 287 Å². The first-order valence-corrected chi connectivity index (χ1v) is 17.6. The van der Waals surface area contributed by atoms with Crippen LogP contribution in [0.25, 0.3) is 70.8 Å². The monoisotopic (exact) mass is 641 g/mol. The number of fused-ring (bicyclic) bond motifs is 6. The van der Waals surface area contributed by atoms with E-state index in [1.54, 1.807) is 0 Å².